The molecule has 0 spiro atoms. The summed E-state index contributed by atoms with van der Waals surface area (Å²) in [7, 11) is 2.22. The molecule has 0 aliphatic rings. The van der Waals surface area contributed by atoms with E-state index in [0.29, 0.717) is 19.8 Å². The van der Waals surface area contributed by atoms with Crippen LogP contribution in [0.2, 0.25) is 0 Å². The van der Waals surface area contributed by atoms with Gasteiger partial charge in [-0.15, -0.1) is 6.58 Å². The van der Waals surface area contributed by atoms with Crippen LogP contribution in [0.25, 0.3) is 0 Å². The third kappa shape index (κ3) is 51.4. The summed E-state index contributed by atoms with van der Waals surface area (Å²) < 4.78 is 47.5. The third-order valence-corrected chi connectivity index (χ3v) is 1.98. The molecule has 0 bridgehead atoms. The average Bonchev–Trinajstić information content (AvgIpc) is 2.35. The van der Waals surface area contributed by atoms with Gasteiger partial charge in [-0.1, -0.05) is 6.08 Å². The third-order valence-electron chi connectivity index (χ3n) is 1.31. The zero-order valence-electron chi connectivity index (χ0n) is 13.1. The molecule has 0 radical (unpaired) electrons. The summed E-state index contributed by atoms with van der Waals surface area (Å²) in [5, 5.41) is 0. The first-order valence-corrected chi connectivity index (χ1v) is 6.97. The number of methoxy groups -OCH3 is 4. The van der Waals surface area contributed by atoms with E-state index in [2.05, 4.69) is 25.5 Å². The molecule has 0 aliphatic carbocycles. The Labute approximate surface area is 144 Å². The Morgan fingerprint density at radius 2 is 1.35 bits per heavy atom. The van der Waals surface area contributed by atoms with E-state index in [0.717, 1.165) is 0 Å². The first kappa shape index (κ1) is 28.6. The van der Waals surface area contributed by atoms with Crippen molar-refractivity contribution >= 4 is 10.1 Å². The molecule has 118 valence electrons. The molecule has 0 saturated heterocycles. The summed E-state index contributed by atoms with van der Waals surface area (Å²) in [6, 6.07) is 0. The summed E-state index contributed by atoms with van der Waals surface area (Å²) in [6.45, 7) is 5.44. The normalized spacial score (nSPS) is 9.25. The Bertz CT molecular complexity index is 253. The molecule has 0 aromatic carbocycles. The summed E-state index contributed by atoms with van der Waals surface area (Å²) in [6.07, 6.45) is 1.71. The largest absolute Gasteiger partial charge is 1.00 e. The van der Waals surface area contributed by atoms with Gasteiger partial charge in [-0.05, 0) is 0 Å². The Morgan fingerprint density at radius 3 is 1.45 bits per heavy atom. The van der Waals surface area contributed by atoms with E-state index >= 15 is 0 Å². The maximum absolute atomic E-state index is 9.75. The molecule has 0 saturated carbocycles. The van der Waals surface area contributed by atoms with Crippen molar-refractivity contribution in [1.82, 2.24) is 0 Å². The molecule has 0 aromatic rings. The molecule has 0 aromatic heterocycles. The van der Waals surface area contributed by atoms with E-state index in [4.69, 9.17) is 0 Å². The Hall–Kier alpha value is 0.490. The van der Waals surface area contributed by atoms with Gasteiger partial charge in [-0.2, -0.15) is 0 Å². The van der Waals surface area contributed by atoms with Gasteiger partial charge in [0.2, 0.25) is 0 Å². The van der Waals surface area contributed by atoms with Gasteiger partial charge in [0, 0.05) is 28.4 Å². The van der Waals surface area contributed by atoms with Crippen LogP contribution in [-0.4, -0.2) is 73.6 Å². The fourth-order valence-electron chi connectivity index (χ4n) is 0.470. The molecule has 7 nitrogen and oxygen atoms in total. The predicted molar refractivity (Wildman–Crippen MR) is 72.3 cm³/mol. The van der Waals surface area contributed by atoms with Crippen molar-refractivity contribution in [1.29, 1.82) is 0 Å². The fraction of sp³-hybridized carbons (Fsp3) is 0.818. The Kier molecular flexibility index (Phi) is 35.1. The summed E-state index contributed by atoms with van der Waals surface area (Å²) in [5.74, 6) is -0.441. The predicted octanol–water partition coefficient (Wildman–Crippen LogP) is -2.72. The molecule has 0 heterocycles. The fourth-order valence-corrected chi connectivity index (χ4v) is 0.841. The van der Waals surface area contributed by atoms with Crippen molar-refractivity contribution in [3.05, 3.63) is 12.7 Å². The molecule has 0 atom stereocenters. The van der Waals surface area contributed by atoms with Gasteiger partial charge in [0.05, 0.1) is 42.3 Å². The molecule has 0 fully saturated rings. The number of hydrogen-bond acceptors (Lipinski definition) is 7. The van der Waals surface area contributed by atoms with E-state index in [1.807, 2.05) is 0 Å². The molecule has 0 amide bonds. The van der Waals surface area contributed by atoms with Crippen molar-refractivity contribution in [3.8, 4) is 0 Å². The van der Waals surface area contributed by atoms with Gasteiger partial charge in [0.25, 0.3) is 0 Å². The molecule has 9 heteroatoms. The van der Waals surface area contributed by atoms with Gasteiger partial charge in [0.15, 0.2) is 0 Å². The SMILES string of the molecule is C=CCOC.COCCOC.COCCS(=O)(=O)[O-].[Na+]. The van der Waals surface area contributed by atoms with E-state index in [9.17, 15) is 13.0 Å². The second kappa shape index (κ2) is 24.5. The van der Waals surface area contributed by atoms with Crippen molar-refractivity contribution in [3.63, 3.8) is 0 Å². The topological polar surface area (TPSA) is 94.1 Å². The van der Waals surface area contributed by atoms with Crippen LogP contribution in [0.5, 0.6) is 0 Å². The van der Waals surface area contributed by atoms with Gasteiger partial charge >= 0.3 is 29.6 Å². The van der Waals surface area contributed by atoms with E-state index in [1.54, 1.807) is 27.4 Å². The molecule has 0 aliphatic heterocycles. The quantitative estimate of drug-likeness (QED) is 0.207. The smallest absolute Gasteiger partial charge is 0.748 e. The van der Waals surface area contributed by atoms with Crippen LogP contribution in [0, 0.1) is 0 Å². The molecular weight excluding hydrogens is 299 g/mol. The van der Waals surface area contributed by atoms with Crippen LogP contribution in [0.4, 0.5) is 0 Å². The molecule has 20 heavy (non-hydrogen) atoms. The van der Waals surface area contributed by atoms with Crippen molar-refractivity contribution in [2.75, 3.05) is 60.6 Å². The van der Waals surface area contributed by atoms with Crippen molar-refractivity contribution in [2.24, 2.45) is 0 Å². The van der Waals surface area contributed by atoms with Crippen LogP contribution < -0.4 is 29.6 Å². The first-order chi connectivity index (χ1) is 8.89. The summed E-state index contributed by atoms with van der Waals surface area (Å²) in [4.78, 5) is 0. The minimum Gasteiger partial charge on any atom is -0.748 e. The van der Waals surface area contributed by atoms with Gasteiger partial charge < -0.3 is 23.5 Å². The minimum absolute atomic E-state index is 0. The van der Waals surface area contributed by atoms with Crippen LogP contribution in [0.15, 0.2) is 12.7 Å². The summed E-state index contributed by atoms with van der Waals surface area (Å²) >= 11 is 0. The zero-order valence-corrected chi connectivity index (χ0v) is 15.9. The zero-order chi connectivity index (χ0) is 15.6. The van der Waals surface area contributed by atoms with Crippen LogP contribution in [0.3, 0.4) is 0 Å². The van der Waals surface area contributed by atoms with Gasteiger partial charge in [-0.3, -0.25) is 0 Å². The average molecular weight is 324 g/mol. The van der Waals surface area contributed by atoms with E-state index in [-0.39, 0.29) is 36.2 Å². The monoisotopic (exact) mass is 324 g/mol. The Morgan fingerprint density at radius 1 is 0.950 bits per heavy atom. The second-order valence-electron chi connectivity index (χ2n) is 2.98. The molecule has 0 N–H and O–H groups in total. The standard InChI is InChI=1S/C4H10O2.C4H8O.C3H8O4S.Na/c1-5-3-4-6-2;1-3-4-5-2;1-7-2-3-8(4,5)6;/h3-4H2,1-2H3;3H,1,4H2,2H3;2-3H2,1H3,(H,4,5,6);/q;;;+1/p-1. The maximum atomic E-state index is 9.75. The second-order valence-corrected chi connectivity index (χ2v) is 4.51. The minimum atomic E-state index is -4.06. The Balaban J connectivity index is -0.0000000966. The number of hydrogen-bond donors (Lipinski definition) is 0. The maximum Gasteiger partial charge on any atom is 1.00 e. The number of rotatable bonds is 8. The van der Waals surface area contributed by atoms with Gasteiger partial charge in [-0.25, -0.2) is 8.42 Å². The van der Waals surface area contributed by atoms with Crippen LogP contribution in [0.1, 0.15) is 0 Å². The van der Waals surface area contributed by atoms with Crippen molar-refractivity contribution < 1.29 is 61.5 Å². The molecule has 0 rings (SSSR count). The number of ether oxygens (including phenoxy) is 4. The molecule has 0 unspecified atom stereocenters. The van der Waals surface area contributed by atoms with Crippen molar-refractivity contribution in [2.45, 2.75) is 0 Å². The summed E-state index contributed by atoms with van der Waals surface area (Å²) in [5.41, 5.74) is 0. The van der Waals surface area contributed by atoms with E-state index in [1.165, 1.54) is 7.11 Å². The van der Waals surface area contributed by atoms with Crippen LogP contribution >= 0.6 is 0 Å². The van der Waals surface area contributed by atoms with E-state index < -0.39 is 15.9 Å². The first-order valence-electron chi connectivity index (χ1n) is 5.39. The molecular formula is C11H25NaO7S. The van der Waals surface area contributed by atoms with Crippen LogP contribution in [-0.2, 0) is 29.1 Å². The van der Waals surface area contributed by atoms with Gasteiger partial charge in [0.1, 0.15) is 0 Å².